The monoisotopic (exact) mass is 308 g/mol. The number of carbonyl (C=O) groups excluding carboxylic acids is 1. The Morgan fingerprint density at radius 3 is 2.68 bits per heavy atom. The lowest BCUT2D eigenvalue weighted by molar-refractivity contribution is -0.117. The SMILES string of the molecule is CCCCC(N)C(=O)Nc1nc2c([nH]1)c(=O)n(C)c(=O)n2C. The largest absolute Gasteiger partial charge is 0.332 e. The maximum Gasteiger partial charge on any atom is 0.332 e. The molecule has 2 heterocycles. The Morgan fingerprint density at radius 1 is 1.36 bits per heavy atom. The minimum absolute atomic E-state index is 0.102. The van der Waals surface area contributed by atoms with Crippen LogP contribution in [-0.4, -0.2) is 31.1 Å². The van der Waals surface area contributed by atoms with E-state index in [0.717, 1.165) is 17.4 Å². The highest BCUT2D eigenvalue weighted by atomic mass is 16.2. The van der Waals surface area contributed by atoms with E-state index < -0.39 is 17.3 Å². The second kappa shape index (κ2) is 6.14. The first-order chi connectivity index (χ1) is 10.4. The van der Waals surface area contributed by atoms with Crippen molar-refractivity contribution in [2.24, 2.45) is 19.8 Å². The van der Waals surface area contributed by atoms with Crippen LogP contribution >= 0.6 is 0 Å². The molecule has 0 saturated heterocycles. The Balaban J connectivity index is 2.33. The number of nitrogens with one attached hydrogen (secondary N) is 2. The normalized spacial score (nSPS) is 12.5. The first-order valence-electron chi connectivity index (χ1n) is 7.09. The molecule has 0 fully saturated rings. The van der Waals surface area contributed by atoms with E-state index in [4.69, 9.17) is 5.73 Å². The van der Waals surface area contributed by atoms with Crippen molar-refractivity contribution in [2.45, 2.75) is 32.2 Å². The van der Waals surface area contributed by atoms with Crippen molar-refractivity contribution in [1.82, 2.24) is 19.1 Å². The lowest BCUT2D eigenvalue weighted by atomic mass is 10.1. The number of H-pyrrole nitrogens is 1. The second-order valence-electron chi connectivity index (χ2n) is 5.23. The smallest absolute Gasteiger partial charge is 0.320 e. The van der Waals surface area contributed by atoms with Gasteiger partial charge in [-0.05, 0) is 6.42 Å². The molecule has 0 aliphatic rings. The van der Waals surface area contributed by atoms with Crippen LogP contribution in [0.5, 0.6) is 0 Å². The Bertz CT molecular complexity index is 816. The van der Waals surface area contributed by atoms with Crippen LogP contribution in [0.25, 0.3) is 11.2 Å². The summed E-state index contributed by atoms with van der Waals surface area (Å²) in [5, 5.41) is 2.54. The Kier molecular flexibility index (Phi) is 4.45. The zero-order valence-corrected chi connectivity index (χ0v) is 12.8. The number of anilines is 1. The molecule has 9 nitrogen and oxygen atoms in total. The van der Waals surface area contributed by atoms with Gasteiger partial charge < -0.3 is 10.7 Å². The van der Waals surface area contributed by atoms with Crippen molar-refractivity contribution in [3.63, 3.8) is 0 Å². The van der Waals surface area contributed by atoms with Gasteiger partial charge in [0.2, 0.25) is 11.9 Å². The first kappa shape index (κ1) is 16.0. The zero-order chi connectivity index (χ0) is 16.4. The molecule has 120 valence electrons. The number of rotatable bonds is 5. The standard InChI is InChI=1S/C13H20N6O3/c1-4-5-6-7(14)10(20)17-12-15-8-9(16-12)18(2)13(22)19(3)11(8)21/h7H,4-6,14H2,1-3H3,(H2,15,16,17,20). The van der Waals surface area contributed by atoms with Crippen molar-refractivity contribution < 1.29 is 4.79 Å². The van der Waals surface area contributed by atoms with Gasteiger partial charge in [-0.2, -0.15) is 4.98 Å². The minimum Gasteiger partial charge on any atom is -0.320 e. The van der Waals surface area contributed by atoms with E-state index in [2.05, 4.69) is 15.3 Å². The van der Waals surface area contributed by atoms with E-state index in [1.54, 1.807) is 0 Å². The molecular formula is C13H20N6O3. The minimum atomic E-state index is -0.639. The molecule has 4 N–H and O–H groups in total. The third kappa shape index (κ3) is 2.80. The molecule has 2 rings (SSSR count). The zero-order valence-electron chi connectivity index (χ0n) is 12.8. The number of nitrogens with zero attached hydrogens (tertiary/aromatic N) is 3. The molecule has 0 radical (unpaired) electrons. The van der Waals surface area contributed by atoms with E-state index in [0.29, 0.717) is 6.42 Å². The maximum atomic E-state index is 12.0. The van der Waals surface area contributed by atoms with Gasteiger partial charge in [-0.1, -0.05) is 19.8 Å². The van der Waals surface area contributed by atoms with E-state index in [9.17, 15) is 14.4 Å². The number of fused-ring (bicyclic) bond motifs is 1. The van der Waals surface area contributed by atoms with Gasteiger partial charge in [0.15, 0.2) is 11.2 Å². The summed E-state index contributed by atoms with van der Waals surface area (Å²) in [6.07, 6.45) is 2.37. The molecule has 0 aliphatic heterocycles. The average Bonchev–Trinajstić information content (AvgIpc) is 2.92. The molecule has 0 bridgehead atoms. The van der Waals surface area contributed by atoms with Crippen LogP contribution in [0, 0.1) is 0 Å². The van der Waals surface area contributed by atoms with Crippen LogP contribution in [-0.2, 0) is 18.9 Å². The van der Waals surface area contributed by atoms with Gasteiger partial charge in [0.25, 0.3) is 5.56 Å². The van der Waals surface area contributed by atoms with Gasteiger partial charge in [0.05, 0.1) is 6.04 Å². The van der Waals surface area contributed by atoms with E-state index in [1.165, 1.54) is 18.7 Å². The van der Waals surface area contributed by atoms with Gasteiger partial charge in [-0.3, -0.25) is 24.0 Å². The fourth-order valence-corrected chi connectivity index (χ4v) is 2.15. The third-order valence-electron chi connectivity index (χ3n) is 3.54. The van der Waals surface area contributed by atoms with Crippen molar-refractivity contribution in [3.05, 3.63) is 20.8 Å². The number of nitrogens with two attached hydrogens (primary N) is 1. The topological polar surface area (TPSA) is 128 Å². The van der Waals surface area contributed by atoms with Crippen LogP contribution < -0.4 is 22.3 Å². The van der Waals surface area contributed by atoms with E-state index in [1.807, 2.05) is 6.92 Å². The fraction of sp³-hybridized carbons (Fsp3) is 0.538. The highest BCUT2D eigenvalue weighted by Crippen LogP contribution is 2.09. The number of unbranched alkanes of at least 4 members (excludes halogenated alkanes) is 1. The molecule has 0 spiro atoms. The summed E-state index contributed by atoms with van der Waals surface area (Å²) >= 11 is 0. The summed E-state index contributed by atoms with van der Waals surface area (Å²) in [6, 6.07) is -0.639. The number of aryl methyl sites for hydroxylation is 1. The Morgan fingerprint density at radius 2 is 2.05 bits per heavy atom. The number of aromatic amines is 1. The predicted molar refractivity (Wildman–Crippen MR) is 82.7 cm³/mol. The molecule has 2 aromatic heterocycles. The Hall–Kier alpha value is -2.42. The van der Waals surface area contributed by atoms with Crippen molar-refractivity contribution in [1.29, 1.82) is 0 Å². The average molecular weight is 308 g/mol. The molecule has 0 saturated carbocycles. The van der Waals surface area contributed by atoms with Crippen molar-refractivity contribution in [3.8, 4) is 0 Å². The second-order valence-corrected chi connectivity index (χ2v) is 5.23. The van der Waals surface area contributed by atoms with Gasteiger partial charge in [-0.15, -0.1) is 0 Å². The van der Waals surface area contributed by atoms with Gasteiger partial charge in [0.1, 0.15) is 0 Å². The molecule has 1 unspecified atom stereocenters. The molecule has 0 aliphatic carbocycles. The summed E-state index contributed by atoms with van der Waals surface area (Å²) in [4.78, 5) is 42.6. The highest BCUT2D eigenvalue weighted by Gasteiger charge is 2.17. The number of amides is 1. The Labute approximate surface area is 126 Å². The summed E-state index contributed by atoms with van der Waals surface area (Å²) in [5.74, 6) is -0.278. The molecule has 22 heavy (non-hydrogen) atoms. The van der Waals surface area contributed by atoms with Gasteiger partial charge >= 0.3 is 5.69 Å². The van der Waals surface area contributed by atoms with Crippen LogP contribution in [0.1, 0.15) is 26.2 Å². The maximum absolute atomic E-state index is 12.0. The number of carbonyl (C=O) groups is 1. The first-order valence-corrected chi connectivity index (χ1v) is 7.09. The molecule has 1 atom stereocenters. The number of hydrogen-bond donors (Lipinski definition) is 3. The lowest BCUT2D eigenvalue weighted by Crippen LogP contribution is -2.36. The van der Waals surface area contributed by atoms with Crippen LogP contribution in [0.2, 0.25) is 0 Å². The molecule has 0 aromatic carbocycles. The van der Waals surface area contributed by atoms with E-state index >= 15 is 0 Å². The summed E-state index contributed by atoms with van der Waals surface area (Å²) in [7, 11) is 2.88. The van der Waals surface area contributed by atoms with E-state index in [-0.39, 0.29) is 23.0 Å². The summed E-state index contributed by atoms with van der Waals surface area (Å²) < 4.78 is 2.21. The summed E-state index contributed by atoms with van der Waals surface area (Å²) in [5.41, 5.74) is 5.14. The molecule has 2 aromatic rings. The van der Waals surface area contributed by atoms with Gasteiger partial charge in [0, 0.05) is 14.1 Å². The fourth-order valence-electron chi connectivity index (χ4n) is 2.15. The number of imidazole rings is 1. The molecule has 9 heteroatoms. The molecule has 1 amide bonds. The number of hydrogen-bond acceptors (Lipinski definition) is 5. The lowest BCUT2D eigenvalue weighted by Gasteiger charge is -2.09. The van der Waals surface area contributed by atoms with Gasteiger partial charge in [-0.25, -0.2) is 4.79 Å². The quantitative estimate of drug-likeness (QED) is 0.680. The third-order valence-corrected chi connectivity index (χ3v) is 3.54. The number of aromatic nitrogens is 4. The highest BCUT2D eigenvalue weighted by molar-refractivity contribution is 5.94. The molecular weight excluding hydrogens is 288 g/mol. The van der Waals surface area contributed by atoms with Crippen molar-refractivity contribution in [2.75, 3.05) is 5.32 Å². The van der Waals surface area contributed by atoms with Crippen LogP contribution in [0.15, 0.2) is 9.59 Å². The van der Waals surface area contributed by atoms with Crippen molar-refractivity contribution >= 4 is 23.0 Å². The predicted octanol–water partition coefficient (Wildman–Crippen LogP) is -0.584. The van der Waals surface area contributed by atoms with Crippen LogP contribution in [0.4, 0.5) is 5.95 Å². The van der Waals surface area contributed by atoms with Crippen LogP contribution in [0.3, 0.4) is 0 Å². The summed E-state index contributed by atoms with van der Waals surface area (Å²) in [6.45, 7) is 2.01.